The van der Waals surface area contributed by atoms with Crippen molar-refractivity contribution < 1.29 is 9.90 Å². The molecule has 110 valence electrons. The van der Waals surface area contributed by atoms with E-state index in [9.17, 15) is 9.90 Å². The molecule has 2 rings (SSSR count). The van der Waals surface area contributed by atoms with E-state index in [0.717, 1.165) is 23.7 Å². The molecule has 0 unspecified atom stereocenters. The number of amides is 1. The molecule has 1 aromatic carbocycles. The number of carbonyl (C=O) groups is 1. The Morgan fingerprint density at radius 1 is 1.20 bits per heavy atom. The lowest BCUT2D eigenvalue weighted by Crippen LogP contribution is -2.43. The molecule has 1 aliphatic carbocycles. The molecule has 1 aromatic rings. The molecule has 0 bridgehead atoms. The Hall–Kier alpha value is -0.870. The Kier molecular flexibility index (Phi) is 6.05. The first-order valence-electron chi connectivity index (χ1n) is 7.33. The van der Waals surface area contributed by atoms with Gasteiger partial charge in [-0.15, -0.1) is 0 Å². The van der Waals surface area contributed by atoms with Crippen LogP contribution in [0.25, 0.3) is 0 Å². The SMILES string of the molecule is O=C(c1ccc(CBr)cc1)N(CCO)C1CCCCC1. The summed E-state index contributed by atoms with van der Waals surface area (Å²) in [6, 6.07) is 8.00. The van der Waals surface area contributed by atoms with Gasteiger partial charge in [-0.3, -0.25) is 4.79 Å². The van der Waals surface area contributed by atoms with Crippen molar-refractivity contribution in [3.05, 3.63) is 35.4 Å². The summed E-state index contributed by atoms with van der Waals surface area (Å²) in [7, 11) is 0. The molecule has 0 heterocycles. The Labute approximate surface area is 129 Å². The van der Waals surface area contributed by atoms with Crippen LogP contribution in [0.4, 0.5) is 0 Å². The molecule has 0 aromatic heterocycles. The van der Waals surface area contributed by atoms with Gasteiger partial charge in [-0.05, 0) is 30.5 Å². The summed E-state index contributed by atoms with van der Waals surface area (Å²) in [4.78, 5) is 14.5. The lowest BCUT2D eigenvalue weighted by molar-refractivity contribution is 0.0585. The molecule has 0 radical (unpaired) electrons. The molecule has 1 saturated carbocycles. The maximum absolute atomic E-state index is 12.6. The highest BCUT2D eigenvalue weighted by Crippen LogP contribution is 2.24. The van der Waals surface area contributed by atoms with Gasteiger partial charge in [0.2, 0.25) is 0 Å². The third-order valence-corrected chi connectivity index (χ3v) is 4.62. The van der Waals surface area contributed by atoms with E-state index in [1.165, 1.54) is 19.3 Å². The number of hydrogen-bond acceptors (Lipinski definition) is 2. The molecule has 0 saturated heterocycles. The minimum Gasteiger partial charge on any atom is -0.395 e. The van der Waals surface area contributed by atoms with Crippen molar-refractivity contribution in [2.24, 2.45) is 0 Å². The van der Waals surface area contributed by atoms with Gasteiger partial charge < -0.3 is 10.0 Å². The van der Waals surface area contributed by atoms with Crippen LogP contribution in [-0.2, 0) is 5.33 Å². The van der Waals surface area contributed by atoms with E-state index in [4.69, 9.17) is 0 Å². The van der Waals surface area contributed by atoms with Gasteiger partial charge in [0.25, 0.3) is 5.91 Å². The van der Waals surface area contributed by atoms with Gasteiger partial charge in [0.15, 0.2) is 0 Å². The Bertz CT molecular complexity index is 427. The fraction of sp³-hybridized carbons (Fsp3) is 0.562. The van der Waals surface area contributed by atoms with Gasteiger partial charge in [-0.1, -0.05) is 47.3 Å². The Balaban J connectivity index is 2.12. The summed E-state index contributed by atoms with van der Waals surface area (Å²) < 4.78 is 0. The third-order valence-electron chi connectivity index (χ3n) is 3.97. The molecule has 1 amide bonds. The van der Waals surface area contributed by atoms with Crippen molar-refractivity contribution in [2.45, 2.75) is 43.5 Å². The molecule has 3 nitrogen and oxygen atoms in total. The first-order chi connectivity index (χ1) is 9.76. The molecule has 1 aliphatic rings. The van der Waals surface area contributed by atoms with Crippen LogP contribution in [0.1, 0.15) is 48.0 Å². The molecule has 0 atom stereocenters. The largest absolute Gasteiger partial charge is 0.395 e. The number of carbonyl (C=O) groups excluding carboxylic acids is 1. The number of hydrogen-bond donors (Lipinski definition) is 1. The zero-order valence-electron chi connectivity index (χ0n) is 11.7. The number of rotatable bonds is 5. The average Bonchev–Trinajstić information content (AvgIpc) is 2.53. The number of benzene rings is 1. The maximum atomic E-state index is 12.6. The fourth-order valence-corrected chi connectivity index (χ4v) is 3.23. The Morgan fingerprint density at radius 3 is 2.40 bits per heavy atom. The van der Waals surface area contributed by atoms with Crippen LogP contribution in [0, 0.1) is 0 Å². The summed E-state index contributed by atoms with van der Waals surface area (Å²) in [6.45, 7) is 0.464. The van der Waals surface area contributed by atoms with Crippen molar-refractivity contribution in [3.8, 4) is 0 Å². The summed E-state index contributed by atoms with van der Waals surface area (Å²) in [5.41, 5.74) is 1.88. The summed E-state index contributed by atoms with van der Waals surface area (Å²) in [6.07, 6.45) is 5.75. The maximum Gasteiger partial charge on any atom is 0.254 e. The van der Waals surface area contributed by atoms with Crippen molar-refractivity contribution in [1.82, 2.24) is 4.90 Å². The molecule has 0 spiro atoms. The van der Waals surface area contributed by atoms with Crippen LogP contribution >= 0.6 is 15.9 Å². The van der Waals surface area contributed by atoms with E-state index in [1.807, 2.05) is 29.2 Å². The predicted molar refractivity (Wildman–Crippen MR) is 84.1 cm³/mol. The Morgan fingerprint density at radius 2 is 1.85 bits per heavy atom. The highest BCUT2D eigenvalue weighted by molar-refractivity contribution is 9.08. The van der Waals surface area contributed by atoms with E-state index in [2.05, 4.69) is 15.9 Å². The number of aliphatic hydroxyl groups is 1. The highest BCUT2D eigenvalue weighted by atomic mass is 79.9. The van der Waals surface area contributed by atoms with Crippen molar-refractivity contribution >= 4 is 21.8 Å². The van der Waals surface area contributed by atoms with Crippen LogP contribution < -0.4 is 0 Å². The first-order valence-corrected chi connectivity index (χ1v) is 8.45. The van der Waals surface area contributed by atoms with Gasteiger partial charge in [-0.2, -0.15) is 0 Å². The second-order valence-electron chi connectivity index (χ2n) is 5.34. The number of nitrogens with zero attached hydrogens (tertiary/aromatic N) is 1. The molecular weight excluding hydrogens is 318 g/mol. The van der Waals surface area contributed by atoms with Gasteiger partial charge in [0.1, 0.15) is 0 Å². The topological polar surface area (TPSA) is 40.5 Å². The monoisotopic (exact) mass is 339 g/mol. The van der Waals surface area contributed by atoms with E-state index in [1.54, 1.807) is 0 Å². The average molecular weight is 340 g/mol. The van der Waals surface area contributed by atoms with Crippen LogP contribution in [0.15, 0.2) is 24.3 Å². The van der Waals surface area contributed by atoms with Gasteiger partial charge in [-0.25, -0.2) is 0 Å². The predicted octanol–water partition coefficient (Wildman–Crippen LogP) is 3.35. The van der Waals surface area contributed by atoms with Gasteiger partial charge in [0, 0.05) is 23.5 Å². The first kappa shape index (κ1) is 15.5. The zero-order valence-corrected chi connectivity index (χ0v) is 13.3. The minimum absolute atomic E-state index is 0.0295. The van der Waals surface area contributed by atoms with Crippen molar-refractivity contribution in [3.63, 3.8) is 0 Å². The number of aliphatic hydroxyl groups excluding tert-OH is 1. The van der Waals surface area contributed by atoms with E-state index in [-0.39, 0.29) is 12.5 Å². The van der Waals surface area contributed by atoms with Crippen molar-refractivity contribution in [2.75, 3.05) is 13.2 Å². The van der Waals surface area contributed by atoms with Gasteiger partial charge >= 0.3 is 0 Å². The molecule has 4 heteroatoms. The number of alkyl halides is 1. The zero-order chi connectivity index (χ0) is 14.4. The lowest BCUT2D eigenvalue weighted by Gasteiger charge is -2.34. The van der Waals surface area contributed by atoms with Crippen LogP contribution in [-0.4, -0.2) is 35.1 Å². The van der Waals surface area contributed by atoms with E-state index in [0.29, 0.717) is 18.2 Å². The molecule has 1 fully saturated rings. The van der Waals surface area contributed by atoms with Crippen LogP contribution in [0.5, 0.6) is 0 Å². The van der Waals surface area contributed by atoms with Gasteiger partial charge in [0.05, 0.1) is 6.61 Å². The van der Waals surface area contributed by atoms with E-state index < -0.39 is 0 Å². The third kappa shape index (κ3) is 3.83. The lowest BCUT2D eigenvalue weighted by atomic mass is 9.93. The summed E-state index contributed by atoms with van der Waals surface area (Å²) in [5, 5.41) is 10.0. The quantitative estimate of drug-likeness (QED) is 0.835. The summed E-state index contributed by atoms with van der Waals surface area (Å²) in [5.74, 6) is 0.0482. The van der Waals surface area contributed by atoms with E-state index >= 15 is 0 Å². The van der Waals surface area contributed by atoms with Crippen molar-refractivity contribution in [1.29, 1.82) is 0 Å². The standard InChI is InChI=1S/C16H22BrNO2/c17-12-13-6-8-14(9-7-13)16(20)18(10-11-19)15-4-2-1-3-5-15/h6-9,15,19H,1-5,10-12H2. The highest BCUT2D eigenvalue weighted by Gasteiger charge is 2.25. The molecule has 20 heavy (non-hydrogen) atoms. The minimum atomic E-state index is 0.0295. The fourth-order valence-electron chi connectivity index (χ4n) is 2.85. The smallest absolute Gasteiger partial charge is 0.254 e. The van der Waals surface area contributed by atoms with Crippen LogP contribution in [0.3, 0.4) is 0 Å². The second-order valence-corrected chi connectivity index (χ2v) is 5.91. The summed E-state index contributed by atoms with van der Waals surface area (Å²) >= 11 is 3.41. The molecule has 0 aliphatic heterocycles. The van der Waals surface area contributed by atoms with Crippen LogP contribution in [0.2, 0.25) is 0 Å². The number of halogens is 1. The molecular formula is C16H22BrNO2. The molecule has 1 N–H and O–H groups in total. The second kappa shape index (κ2) is 7.79. The normalized spacial score (nSPS) is 16.1.